The summed E-state index contributed by atoms with van der Waals surface area (Å²) in [6.07, 6.45) is 11.0. The van der Waals surface area contributed by atoms with E-state index in [0.717, 1.165) is 28.8 Å². The standard InChI is InChI=1S/C25H21F2N5O3S/c1-2-7-36(34,35)32-20-6-5-19(26)22(23(20)27)24(33)18-12-30-25-17(18)8-16(11-29-25)14-3-4-15-10-28-13-31-21(15)9-14/h3-6,8,10-13,21,32H,2,7,9H2,1H3,(H,29,30). The minimum atomic E-state index is -3.85. The first-order chi connectivity index (χ1) is 17.3. The van der Waals surface area contributed by atoms with Gasteiger partial charge in [-0.3, -0.25) is 14.5 Å². The van der Waals surface area contributed by atoms with Gasteiger partial charge < -0.3 is 4.98 Å². The molecule has 0 amide bonds. The molecule has 0 fully saturated rings. The van der Waals surface area contributed by atoms with Gasteiger partial charge in [-0.25, -0.2) is 27.2 Å². The number of nitrogens with zero attached hydrogens (tertiary/aromatic N) is 3. The molecule has 5 rings (SSSR count). The second-order valence-electron chi connectivity index (χ2n) is 8.48. The fourth-order valence-corrected chi connectivity index (χ4v) is 5.38. The molecule has 0 spiro atoms. The van der Waals surface area contributed by atoms with Gasteiger partial charge >= 0.3 is 0 Å². The molecule has 0 saturated carbocycles. The molecule has 3 aromatic rings. The highest BCUT2D eigenvalue weighted by atomic mass is 32.2. The normalized spacial score (nSPS) is 17.0. The summed E-state index contributed by atoms with van der Waals surface area (Å²) < 4.78 is 56.2. The van der Waals surface area contributed by atoms with Crippen LogP contribution in [0.3, 0.4) is 0 Å². The molecule has 1 atom stereocenters. The lowest BCUT2D eigenvalue weighted by Crippen LogP contribution is -2.18. The Morgan fingerprint density at radius 2 is 2.08 bits per heavy atom. The van der Waals surface area contributed by atoms with Gasteiger partial charge in [0, 0.05) is 29.6 Å². The number of H-pyrrole nitrogens is 1. The maximum Gasteiger partial charge on any atom is 0.232 e. The zero-order chi connectivity index (χ0) is 25.4. The highest BCUT2D eigenvalue weighted by Gasteiger charge is 2.26. The van der Waals surface area contributed by atoms with E-state index in [1.807, 2.05) is 12.2 Å². The van der Waals surface area contributed by atoms with Crippen LogP contribution in [0.4, 0.5) is 14.5 Å². The van der Waals surface area contributed by atoms with Crippen molar-refractivity contribution in [3.8, 4) is 0 Å². The van der Waals surface area contributed by atoms with Crippen LogP contribution in [0.5, 0.6) is 0 Å². The average molecular weight is 510 g/mol. The Labute approximate surface area is 205 Å². The fraction of sp³-hybridized carbons (Fsp3) is 0.200. The summed E-state index contributed by atoms with van der Waals surface area (Å²) in [4.78, 5) is 29.0. The Bertz CT molecular complexity index is 1620. The van der Waals surface area contributed by atoms with E-state index in [0.29, 0.717) is 23.9 Å². The Morgan fingerprint density at radius 1 is 1.25 bits per heavy atom. The fourth-order valence-electron chi connectivity index (χ4n) is 4.25. The number of carbonyl (C=O) groups excluding carboxylic acids is 1. The molecule has 36 heavy (non-hydrogen) atoms. The second-order valence-corrected chi connectivity index (χ2v) is 10.3. The maximum absolute atomic E-state index is 15.2. The van der Waals surface area contributed by atoms with Crippen molar-refractivity contribution in [2.45, 2.75) is 25.8 Å². The van der Waals surface area contributed by atoms with Crippen LogP contribution in [0.15, 0.2) is 58.3 Å². The van der Waals surface area contributed by atoms with E-state index in [1.54, 1.807) is 25.4 Å². The molecule has 0 saturated heterocycles. The molecule has 3 heterocycles. The van der Waals surface area contributed by atoms with Gasteiger partial charge in [-0.2, -0.15) is 0 Å². The summed E-state index contributed by atoms with van der Waals surface area (Å²) in [6.45, 7) is 1.66. The van der Waals surface area contributed by atoms with Crippen molar-refractivity contribution in [2.75, 3.05) is 10.5 Å². The highest BCUT2D eigenvalue weighted by Crippen LogP contribution is 2.32. The number of anilines is 1. The number of fused-ring (bicyclic) bond motifs is 2. The number of aromatic amines is 1. The molecule has 1 aliphatic heterocycles. The smallest absolute Gasteiger partial charge is 0.232 e. The van der Waals surface area contributed by atoms with E-state index < -0.39 is 38.7 Å². The summed E-state index contributed by atoms with van der Waals surface area (Å²) in [5.74, 6) is -3.55. The molecule has 1 aliphatic carbocycles. The summed E-state index contributed by atoms with van der Waals surface area (Å²) in [7, 11) is -3.85. The third-order valence-corrected chi connectivity index (χ3v) is 7.49. The third kappa shape index (κ3) is 4.37. The van der Waals surface area contributed by atoms with Gasteiger partial charge in [-0.15, -0.1) is 0 Å². The number of pyridine rings is 1. The number of hydrogen-bond acceptors (Lipinski definition) is 6. The molecule has 1 aromatic carbocycles. The summed E-state index contributed by atoms with van der Waals surface area (Å²) in [5.41, 5.74) is 1.73. The highest BCUT2D eigenvalue weighted by molar-refractivity contribution is 7.92. The van der Waals surface area contributed by atoms with Crippen LogP contribution in [0.2, 0.25) is 0 Å². The van der Waals surface area contributed by atoms with Crippen molar-refractivity contribution in [3.63, 3.8) is 0 Å². The molecule has 184 valence electrons. The summed E-state index contributed by atoms with van der Waals surface area (Å²) in [6, 6.07) is 3.50. The average Bonchev–Trinajstić information content (AvgIpc) is 3.29. The van der Waals surface area contributed by atoms with Crippen molar-refractivity contribution in [3.05, 3.63) is 76.6 Å². The number of benzene rings is 1. The SMILES string of the molecule is CCCS(=O)(=O)Nc1ccc(F)c(C(=O)c2c[nH]c3ncc(C4=CC=C5C=NC=NC5C4)cc23)c1F. The van der Waals surface area contributed by atoms with Crippen LogP contribution in [0, 0.1) is 11.6 Å². The van der Waals surface area contributed by atoms with E-state index >= 15 is 4.39 Å². The van der Waals surface area contributed by atoms with E-state index in [4.69, 9.17) is 0 Å². The molecule has 2 aliphatic rings. The molecule has 2 N–H and O–H groups in total. The van der Waals surface area contributed by atoms with Gasteiger partial charge in [0.15, 0.2) is 5.82 Å². The Hall–Kier alpha value is -3.99. The molecule has 0 bridgehead atoms. The van der Waals surface area contributed by atoms with Crippen LogP contribution < -0.4 is 4.72 Å². The first-order valence-corrected chi connectivity index (χ1v) is 12.9. The van der Waals surface area contributed by atoms with Crippen molar-refractivity contribution in [2.24, 2.45) is 9.98 Å². The molecule has 1 unspecified atom stereocenters. The number of allylic oxidation sites excluding steroid dienone is 2. The van der Waals surface area contributed by atoms with Gasteiger partial charge in [0.25, 0.3) is 0 Å². The van der Waals surface area contributed by atoms with Gasteiger partial charge in [0.05, 0.1) is 23.0 Å². The van der Waals surface area contributed by atoms with Gasteiger partial charge in [-0.05, 0) is 47.8 Å². The number of halogens is 2. The lowest BCUT2D eigenvalue weighted by Gasteiger charge is -2.21. The van der Waals surface area contributed by atoms with Crippen molar-refractivity contribution >= 4 is 50.7 Å². The van der Waals surface area contributed by atoms with E-state index in [2.05, 4.69) is 24.7 Å². The Morgan fingerprint density at radius 3 is 2.89 bits per heavy atom. The van der Waals surface area contributed by atoms with E-state index in [9.17, 15) is 17.6 Å². The van der Waals surface area contributed by atoms with Gasteiger partial charge in [0.1, 0.15) is 17.8 Å². The van der Waals surface area contributed by atoms with E-state index in [1.165, 1.54) is 12.5 Å². The summed E-state index contributed by atoms with van der Waals surface area (Å²) in [5, 5.41) is 0.387. The van der Waals surface area contributed by atoms with Crippen molar-refractivity contribution in [1.82, 2.24) is 9.97 Å². The number of carbonyl (C=O) groups is 1. The van der Waals surface area contributed by atoms with Crippen LogP contribution >= 0.6 is 0 Å². The van der Waals surface area contributed by atoms with Gasteiger partial charge in [-0.1, -0.05) is 19.1 Å². The van der Waals surface area contributed by atoms with Gasteiger partial charge in [0.2, 0.25) is 15.8 Å². The number of nitrogens with one attached hydrogen (secondary N) is 2. The quantitative estimate of drug-likeness (QED) is 0.459. The predicted molar refractivity (Wildman–Crippen MR) is 135 cm³/mol. The topological polar surface area (TPSA) is 117 Å². The monoisotopic (exact) mass is 509 g/mol. The first kappa shape index (κ1) is 23.7. The van der Waals surface area contributed by atoms with Crippen molar-refractivity contribution < 1.29 is 22.0 Å². The van der Waals surface area contributed by atoms with Crippen LogP contribution in [0.1, 0.15) is 41.3 Å². The predicted octanol–water partition coefficient (Wildman–Crippen LogP) is 4.42. The summed E-state index contributed by atoms with van der Waals surface area (Å²) >= 11 is 0. The van der Waals surface area contributed by atoms with Crippen molar-refractivity contribution in [1.29, 1.82) is 0 Å². The zero-order valence-electron chi connectivity index (χ0n) is 19.1. The number of hydrogen-bond donors (Lipinski definition) is 2. The Kier molecular flexibility index (Phi) is 6.09. The number of sulfonamides is 1. The lowest BCUT2D eigenvalue weighted by molar-refractivity contribution is 0.103. The largest absolute Gasteiger partial charge is 0.345 e. The molecular weight excluding hydrogens is 488 g/mol. The molecule has 8 nitrogen and oxygen atoms in total. The molecule has 2 aromatic heterocycles. The molecular formula is C25H21F2N5O3S. The molecule has 11 heteroatoms. The van der Waals surface area contributed by atoms with Crippen LogP contribution in [0.25, 0.3) is 16.6 Å². The minimum absolute atomic E-state index is 0.0150. The second kappa shape index (κ2) is 9.23. The Balaban J connectivity index is 1.53. The zero-order valence-corrected chi connectivity index (χ0v) is 19.9. The third-order valence-electron chi connectivity index (χ3n) is 6.01. The maximum atomic E-state index is 15.2. The lowest BCUT2D eigenvalue weighted by atomic mass is 9.90. The molecule has 0 radical (unpaired) electrons. The van der Waals surface area contributed by atoms with E-state index in [-0.39, 0.29) is 17.4 Å². The number of aromatic nitrogens is 2. The number of aliphatic imine (C=N–C) groups is 2. The first-order valence-electron chi connectivity index (χ1n) is 11.2. The van der Waals surface area contributed by atoms with Crippen LogP contribution in [-0.2, 0) is 10.0 Å². The van der Waals surface area contributed by atoms with Crippen LogP contribution in [-0.4, -0.2) is 48.5 Å². The number of rotatable bonds is 7. The number of ketones is 1. The minimum Gasteiger partial charge on any atom is -0.345 e.